The molecule has 0 aliphatic carbocycles. The van der Waals surface area contributed by atoms with Gasteiger partial charge in [0.25, 0.3) is 0 Å². The van der Waals surface area contributed by atoms with E-state index in [4.69, 9.17) is 37.0 Å². The Morgan fingerprint density at radius 1 is 0.255 bits per heavy atom. The zero-order chi connectivity index (χ0) is 69.0. The number of aliphatic hydroxyl groups is 1. The molecule has 17 nitrogen and oxygen atoms in total. The molecule has 0 spiro atoms. The number of aliphatic hydroxyl groups excluding tert-OH is 1. The zero-order valence-electron chi connectivity index (χ0n) is 60.9. The highest BCUT2D eigenvalue weighted by atomic mass is 31.2. The van der Waals surface area contributed by atoms with Crippen LogP contribution in [0.5, 0.6) is 0 Å². The molecule has 0 bridgehead atoms. The molecule has 0 aliphatic heterocycles. The van der Waals surface area contributed by atoms with Crippen LogP contribution in [-0.2, 0) is 65.4 Å². The van der Waals surface area contributed by atoms with Crippen LogP contribution in [0.1, 0.15) is 400 Å². The maximum Gasteiger partial charge on any atom is 0.472 e. The summed E-state index contributed by atoms with van der Waals surface area (Å²) in [5, 5.41) is 10.6. The van der Waals surface area contributed by atoms with Gasteiger partial charge < -0.3 is 33.8 Å². The fourth-order valence-corrected chi connectivity index (χ4v) is 13.2. The fraction of sp³-hybridized carbons (Fsp3) is 0.947. The Morgan fingerprint density at radius 3 is 0.628 bits per heavy atom. The van der Waals surface area contributed by atoms with Crippen LogP contribution in [0.25, 0.3) is 0 Å². The van der Waals surface area contributed by atoms with Crippen molar-refractivity contribution in [2.24, 2.45) is 0 Å². The predicted molar refractivity (Wildman–Crippen MR) is 382 cm³/mol. The number of carbonyl (C=O) groups is 4. The van der Waals surface area contributed by atoms with Crippen molar-refractivity contribution in [2.75, 3.05) is 39.6 Å². The molecule has 5 unspecified atom stereocenters. The Morgan fingerprint density at radius 2 is 0.426 bits per heavy atom. The van der Waals surface area contributed by atoms with E-state index in [-0.39, 0.29) is 25.7 Å². The number of hydrogen-bond acceptors (Lipinski definition) is 15. The average Bonchev–Trinajstić information content (AvgIpc) is 1.36. The topological polar surface area (TPSA) is 237 Å². The van der Waals surface area contributed by atoms with Crippen molar-refractivity contribution in [1.82, 2.24) is 0 Å². The molecule has 0 saturated carbocycles. The van der Waals surface area contributed by atoms with Gasteiger partial charge in [-0.2, -0.15) is 0 Å². The van der Waals surface area contributed by atoms with E-state index in [1.54, 1.807) is 0 Å². The van der Waals surface area contributed by atoms with Gasteiger partial charge in [0.05, 0.1) is 26.4 Å². The first-order valence-electron chi connectivity index (χ1n) is 39.3. The zero-order valence-corrected chi connectivity index (χ0v) is 62.7. The molecule has 3 N–H and O–H groups in total. The minimum Gasteiger partial charge on any atom is -0.462 e. The molecular weight excluding hydrogens is 1230 g/mol. The van der Waals surface area contributed by atoms with E-state index in [0.717, 1.165) is 89.9 Å². The minimum absolute atomic E-state index is 0.108. The summed E-state index contributed by atoms with van der Waals surface area (Å²) in [4.78, 5) is 72.8. The van der Waals surface area contributed by atoms with E-state index >= 15 is 0 Å². The van der Waals surface area contributed by atoms with Crippen molar-refractivity contribution in [3.63, 3.8) is 0 Å². The summed E-state index contributed by atoms with van der Waals surface area (Å²) in [6.45, 7) is 4.99. The maximum absolute atomic E-state index is 13.1. The molecule has 558 valence electrons. The molecule has 94 heavy (non-hydrogen) atoms. The minimum atomic E-state index is -4.95. The Labute approximate surface area is 575 Å². The summed E-state index contributed by atoms with van der Waals surface area (Å²) >= 11 is 0. The van der Waals surface area contributed by atoms with Crippen LogP contribution in [0, 0.1) is 0 Å². The third-order valence-corrected chi connectivity index (χ3v) is 19.5. The first-order chi connectivity index (χ1) is 45.7. The SMILES string of the molecule is CCCCCCCCCCCCCCCCCC(=O)OCC(COP(=O)(O)OCC(O)COP(=O)(O)OCC(COC(=O)CCCCCCCCCCCCCCC)OC(=O)CCCCCCCCCCCCC)OC(=O)CCCCCCCCCCCCCCCCC. The molecular formula is C75H146O17P2. The van der Waals surface area contributed by atoms with Gasteiger partial charge in [-0.05, 0) is 25.7 Å². The Hall–Kier alpha value is -1.94. The van der Waals surface area contributed by atoms with Crippen molar-refractivity contribution in [2.45, 2.75) is 418 Å². The quantitative estimate of drug-likeness (QED) is 0.0222. The second-order valence-corrected chi connectivity index (χ2v) is 29.9. The largest absolute Gasteiger partial charge is 0.472 e. The summed E-state index contributed by atoms with van der Waals surface area (Å²) in [5.41, 5.74) is 0. The Bertz CT molecular complexity index is 1790. The summed E-state index contributed by atoms with van der Waals surface area (Å²) in [7, 11) is -9.91. The van der Waals surface area contributed by atoms with Crippen molar-refractivity contribution in [1.29, 1.82) is 0 Å². The summed E-state index contributed by atoms with van der Waals surface area (Å²) < 4.78 is 68.5. The Kier molecular flexibility index (Phi) is 68.1. The molecule has 0 fully saturated rings. The lowest BCUT2D eigenvalue weighted by atomic mass is 10.0. The fourth-order valence-electron chi connectivity index (χ4n) is 11.6. The normalized spacial score (nSPS) is 13.9. The molecule has 0 radical (unpaired) electrons. The van der Waals surface area contributed by atoms with E-state index in [1.807, 2.05) is 0 Å². The lowest BCUT2D eigenvalue weighted by molar-refractivity contribution is -0.161. The maximum atomic E-state index is 13.1. The molecule has 0 aromatic heterocycles. The second-order valence-electron chi connectivity index (χ2n) is 27.0. The number of ether oxygens (including phenoxy) is 4. The Balaban J connectivity index is 5.24. The summed E-state index contributed by atoms with van der Waals surface area (Å²) in [6.07, 6.45) is 59.4. The van der Waals surface area contributed by atoms with Crippen LogP contribution >= 0.6 is 15.6 Å². The monoisotopic (exact) mass is 1380 g/mol. The average molecular weight is 1380 g/mol. The number of rotatable bonds is 76. The molecule has 19 heteroatoms. The predicted octanol–water partition coefficient (Wildman–Crippen LogP) is 22.2. The van der Waals surface area contributed by atoms with Gasteiger partial charge in [0.2, 0.25) is 0 Å². The number of phosphoric acid groups is 2. The van der Waals surface area contributed by atoms with Crippen molar-refractivity contribution in [3.05, 3.63) is 0 Å². The third-order valence-electron chi connectivity index (χ3n) is 17.6. The highest BCUT2D eigenvalue weighted by Crippen LogP contribution is 2.45. The van der Waals surface area contributed by atoms with Gasteiger partial charge >= 0.3 is 39.5 Å². The van der Waals surface area contributed by atoms with Crippen molar-refractivity contribution in [3.8, 4) is 0 Å². The summed E-state index contributed by atoms with van der Waals surface area (Å²) in [5.74, 6) is -2.11. The number of unbranched alkanes of at least 4 members (excludes halogenated alkanes) is 50. The van der Waals surface area contributed by atoms with Gasteiger partial charge in [-0.1, -0.05) is 349 Å². The van der Waals surface area contributed by atoms with E-state index in [9.17, 15) is 43.2 Å². The van der Waals surface area contributed by atoms with Gasteiger partial charge in [0, 0.05) is 25.7 Å². The second kappa shape index (κ2) is 69.5. The van der Waals surface area contributed by atoms with Crippen LogP contribution in [0.15, 0.2) is 0 Å². The molecule has 0 amide bonds. The first kappa shape index (κ1) is 92.1. The van der Waals surface area contributed by atoms with Crippen molar-refractivity contribution < 1.29 is 80.2 Å². The molecule has 0 rings (SSSR count). The van der Waals surface area contributed by atoms with Gasteiger partial charge in [0.15, 0.2) is 12.2 Å². The van der Waals surface area contributed by atoms with Crippen LogP contribution in [-0.4, -0.2) is 96.7 Å². The number of phosphoric ester groups is 2. The van der Waals surface area contributed by atoms with Gasteiger partial charge in [-0.25, -0.2) is 9.13 Å². The van der Waals surface area contributed by atoms with Crippen LogP contribution in [0.2, 0.25) is 0 Å². The molecule has 0 aromatic rings. The third kappa shape index (κ3) is 68.6. The van der Waals surface area contributed by atoms with E-state index in [0.29, 0.717) is 25.7 Å². The van der Waals surface area contributed by atoms with Gasteiger partial charge in [0.1, 0.15) is 19.3 Å². The van der Waals surface area contributed by atoms with E-state index in [2.05, 4.69) is 27.7 Å². The smallest absolute Gasteiger partial charge is 0.462 e. The van der Waals surface area contributed by atoms with Crippen LogP contribution < -0.4 is 0 Å². The lowest BCUT2D eigenvalue weighted by Crippen LogP contribution is -2.30. The number of esters is 4. The summed E-state index contributed by atoms with van der Waals surface area (Å²) in [6, 6.07) is 0. The number of hydrogen-bond donors (Lipinski definition) is 3. The number of carbonyl (C=O) groups excluding carboxylic acids is 4. The highest BCUT2D eigenvalue weighted by Gasteiger charge is 2.30. The standard InChI is InChI=1S/C75H146O17P2/c1-5-9-13-17-21-25-29-32-34-37-41-44-48-52-56-60-73(78)86-66-71(92-75(80)62-58-54-50-46-42-38-35-33-30-26-22-18-14-10-6-2)68-90-94(83,84)88-64-69(76)63-87-93(81,82)89-67-70(91-74(79)61-57-53-49-45-39-28-24-20-16-12-8-4)65-85-72(77)59-55-51-47-43-40-36-31-27-23-19-15-11-7-3/h69-71,76H,5-68H2,1-4H3,(H,81,82)(H,83,84). The van der Waals surface area contributed by atoms with Crippen LogP contribution in [0.4, 0.5) is 0 Å². The van der Waals surface area contributed by atoms with Gasteiger partial charge in [-0.3, -0.25) is 37.3 Å². The van der Waals surface area contributed by atoms with E-state index < -0.39 is 97.5 Å². The molecule has 0 heterocycles. The van der Waals surface area contributed by atoms with E-state index in [1.165, 1.54) is 231 Å². The van der Waals surface area contributed by atoms with Gasteiger partial charge in [-0.15, -0.1) is 0 Å². The highest BCUT2D eigenvalue weighted by molar-refractivity contribution is 7.47. The van der Waals surface area contributed by atoms with Crippen molar-refractivity contribution >= 4 is 39.5 Å². The lowest BCUT2D eigenvalue weighted by Gasteiger charge is -2.21. The first-order valence-corrected chi connectivity index (χ1v) is 42.3. The molecule has 0 aliphatic rings. The molecule has 5 atom stereocenters. The molecule has 0 aromatic carbocycles. The molecule has 0 saturated heterocycles. The van der Waals surface area contributed by atoms with Crippen LogP contribution in [0.3, 0.4) is 0 Å².